The predicted molar refractivity (Wildman–Crippen MR) is 98.2 cm³/mol. The number of ether oxygens (including phenoxy) is 1. The first kappa shape index (κ1) is 17.0. The largest absolute Gasteiger partial charge is 0.511 e. The van der Waals surface area contributed by atoms with E-state index in [0.717, 1.165) is 16.9 Å². The average molecular weight is 335 g/mol. The summed E-state index contributed by atoms with van der Waals surface area (Å²) in [7, 11) is 1.61. The summed E-state index contributed by atoms with van der Waals surface area (Å²) in [5, 5.41) is 10.3. The zero-order chi connectivity index (χ0) is 17.6. The molecular weight excluding hydrogens is 314 g/mol. The molecule has 25 heavy (non-hydrogen) atoms. The Kier molecular flexibility index (Phi) is 5.29. The second kappa shape index (κ2) is 7.79. The Bertz CT molecular complexity index is 805. The van der Waals surface area contributed by atoms with Crippen molar-refractivity contribution in [2.75, 3.05) is 7.11 Å². The third kappa shape index (κ3) is 3.97. The Labute approximate surface area is 147 Å². The second-order valence-electron chi connectivity index (χ2n) is 5.98. The molecule has 1 aliphatic rings. The van der Waals surface area contributed by atoms with Crippen molar-refractivity contribution in [3.63, 3.8) is 0 Å². The number of allylic oxidation sites excluding steroid dienone is 2. The maximum Gasteiger partial charge on any atom is 0.168 e. The number of hydrogen-bond acceptors (Lipinski definition) is 4. The molecule has 0 saturated heterocycles. The molecule has 0 atom stereocenters. The van der Waals surface area contributed by atoms with Crippen molar-refractivity contribution in [3.05, 3.63) is 77.1 Å². The molecule has 0 unspecified atom stereocenters. The number of carbonyl (C=O) groups excluding carboxylic acids is 1. The summed E-state index contributed by atoms with van der Waals surface area (Å²) >= 11 is 0. The molecule has 0 amide bonds. The molecule has 0 aromatic heterocycles. The van der Waals surface area contributed by atoms with Crippen molar-refractivity contribution in [3.8, 4) is 5.75 Å². The predicted octanol–water partition coefficient (Wildman–Crippen LogP) is 4.25. The number of aliphatic hydroxyl groups is 1. The standard InChI is InChI=1S/C21H21NO3/c1-25-17-12-10-16(11-13-17)21(20-18(23)8-5-9-19(20)24)22-14-15-6-3-2-4-7-15/h2-4,6-7,10-13,23H,5,8-9,14H2,1H3. The van der Waals surface area contributed by atoms with Crippen LogP contribution in [-0.2, 0) is 11.3 Å². The van der Waals surface area contributed by atoms with Crippen LogP contribution in [0.4, 0.5) is 0 Å². The monoisotopic (exact) mass is 335 g/mol. The summed E-state index contributed by atoms with van der Waals surface area (Å²) in [5.41, 5.74) is 2.76. The van der Waals surface area contributed by atoms with Gasteiger partial charge in [0.25, 0.3) is 0 Å². The number of benzene rings is 2. The van der Waals surface area contributed by atoms with Crippen LogP contribution in [0.2, 0.25) is 0 Å². The first-order chi connectivity index (χ1) is 12.2. The van der Waals surface area contributed by atoms with Crippen LogP contribution in [-0.4, -0.2) is 23.7 Å². The Morgan fingerprint density at radius 1 is 1.08 bits per heavy atom. The summed E-state index contributed by atoms with van der Waals surface area (Å²) in [5.74, 6) is 0.824. The number of methoxy groups -OCH3 is 1. The molecule has 0 aliphatic heterocycles. The summed E-state index contributed by atoms with van der Waals surface area (Å²) in [6.45, 7) is 0.451. The minimum absolute atomic E-state index is 0.0496. The van der Waals surface area contributed by atoms with E-state index in [1.54, 1.807) is 7.11 Å². The highest BCUT2D eigenvalue weighted by atomic mass is 16.5. The van der Waals surface area contributed by atoms with Crippen molar-refractivity contribution >= 4 is 11.5 Å². The quantitative estimate of drug-likeness (QED) is 0.831. The van der Waals surface area contributed by atoms with E-state index < -0.39 is 0 Å². The second-order valence-corrected chi connectivity index (χ2v) is 5.98. The molecule has 1 N–H and O–H groups in total. The molecular formula is C21H21NO3. The molecule has 4 heteroatoms. The van der Waals surface area contributed by atoms with E-state index in [1.165, 1.54) is 0 Å². The van der Waals surface area contributed by atoms with Crippen LogP contribution in [0, 0.1) is 0 Å². The third-order valence-electron chi connectivity index (χ3n) is 4.25. The third-order valence-corrected chi connectivity index (χ3v) is 4.25. The molecule has 0 fully saturated rings. The van der Waals surface area contributed by atoms with Crippen LogP contribution < -0.4 is 4.74 Å². The molecule has 2 aromatic rings. The van der Waals surface area contributed by atoms with Gasteiger partial charge in [-0.3, -0.25) is 9.79 Å². The highest BCUT2D eigenvalue weighted by Gasteiger charge is 2.25. The summed E-state index contributed by atoms with van der Waals surface area (Å²) in [6.07, 6.45) is 1.64. The van der Waals surface area contributed by atoms with Gasteiger partial charge >= 0.3 is 0 Å². The van der Waals surface area contributed by atoms with Gasteiger partial charge in [0.1, 0.15) is 11.5 Å². The van der Waals surface area contributed by atoms with Gasteiger partial charge < -0.3 is 9.84 Å². The summed E-state index contributed by atoms with van der Waals surface area (Å²) in [6, 6.07) is 17.3. The molecule has 2 aromatic carbocycles. The van der Waals surface area contributed by atoms with Crippen LogP contribution in [0.1, 0.15) is 30.4 Å². The first-order valence-electron chi connectivity index (χ1n) is 8.37. The van der Waals surface area contributed by atoms with Crippen molar-refractivity contribution in [2.24, 2.45) is 4.99 Å². The van der Waals surface area contributed by atoms with Gasteiger partial charge in [-0.1, -0.05) is 30.3 Å². The molecule has 0 heterocycles. The van der Waals surface area contributed by atoms with E-state index in [9.17, 15) is 9.90 Å². The zero-order valence-corrected chi connectivity index (χ0v) is 14.2. The maximum absolute atomic E-state index is 12.4. The Morgan fingerprint density at radius 3 is 2.44 bits per heavy atom. The fourth-order valence-electron chi connectivity index (χ4n) is 2.91. The fraction of sp³-hybridized carbons (Fsp3) is 0.238. The molecule has 0 spiro atoms. The molecule has 1 aliphatic carbocycles. The Balaban J connectivity index is 2.02. The van der Waals surface area contributed by atoms with Gasteiger partial charge in [-0.05, 0) is 36.2 Å². The van der Waals surface area contributed by atoms with Crippen molar-refractivity contribution < 1.29 is 14.6 Å². The smallest absolute Gasteiger partial charge is 0.168 e. The Hall–Kier alpha value is -2.88. The highest BCUT2D eigenvalue weighted by Crippen LogP contribution is 2.25. The fourth-order valence-corrected chi connectivity index (χ4v) is 2.91. The normalized spacial score (nSPS) is 15.4. The van der Waals surface area contributed by atoms with Gasteiger partial charge in [0.2, 0.25) is 0 Å². The van der Waals surface area contributed by atoms with Gasteiger partial charge in [-0.25, -0.2) is 0 Å². The van der Waals surface area contributed by atoms with E-state index in [-0.39, 0.29) is 11.5 Å². The van der Waals surface area contributed by atoms with Crippen molar-refractivity contribution in [1.29, 1.82) is 0 Å². The topological polar surface area (TPSA) is 58.9 Å². The van der Waals surface area contributed by atoms with Gasteiger partial charge in [0.05, 0.1) is 24.9 Å². The molecule has 3 rings (SSSR count). The number of hydrogen-bond donors (Lipinski definition) is 1. The van der Waals surface area contributed by atoms with Gasteiger partial charge in [0, 0.05) is 18.4 Å². The molecule has 0 saturated carbocycles. The van der Waals surface area contributed by atoms with Crippen molar-refractivity contribution in [1.82, 2.24) is 0 Å². The SMILES string of the molecule is COc1ccc(C(=NCc2ccccc2)C2=C(O)CCCC2=O)cc1. The number of nitrogens with zero attached hydrogens (tertiary/aromatic N) is 1. The molecule has 4 nitrogen and oxygen atoms in total. The minimum atomic E-state index is -0.0496. The van der Waals surface area contributed by atoms with E-state index in [4.69, 9.17) is 4.74 Å². The Morgan fingerprint density at radius 2 is 1.80 bits per heavy atom. The highest BCUT2D eigenvalue weighted by molar-refractivity contribution is 6.29. The zero-order valence-electron chi connectivity index (χ0n) is 14.2. The number of aliphatic hydroxyl groups excluding tert-OH is 1. The summed E-state index contributed by atoms with van der Waals surface area (Å²) in [4.78, 5) is 17.1. The minimum Gasteiger partial charge on any atom is -0.511 e. The van der Waals surface area contributed by atoms with Gasteiger partial charge in [-0.2, -0.15) is 0 Å². The number of Topliss-reactive ketones (excluding diaryl/α,β-unsaturated/α-hetero) is 1. The lowest BCUT2D eigenvalue weighted by molar-refractivity contribution is -0.115. The first-order valence-corrected chi connectivity index (χ1v) is 8.37. The van der Waals surface area contributed by atoms with Crippen LogP contribution >= 0.6 is 0 Å². The average Bonchev–Trinajstić information content (AvgIpc) is 2.65. The van der Waals surface area contributed by atoms with E-state index in [1.807, 2.05) is 54.6 Å². The number of aliphatic imine (C=N–C) groups is 1. The van der Waals surface area contributed by atoms with E-state index in [0.29, 0.717) is 37.1 Å². The number of rotatable bonds is 5. The van der Waals surface area contributed by atoms with Crippen molar-refractivity contribution in [2.45, 2.75) is 25.8 Å². The molecule has 0 radical (unpaired) electrons. The van der Waals surface area contributed by atoms with Crippen LogP contribution in [0.3, 0.4) is 0 Å². The lowest BCUT2D eigenvalue weighted by Gasteiger charge is -2.17. The van der Waals surface area contributed by atoms with Crippen LogP contribution in [0.25, 0.3) is 0 Å². The van der Waals surface area contributed by atoms with Crippen LogP contribution in [0.15, 0.2) is 70.9 Å². The lowest BCUT2D eigenvalue weighted by atomic mass is 9.89. The molecule has 128 valence electrons. The van der Waals surface area contributed by atoms with E-state index >= 15 is 0 Å². The van der Waals surface area contributed by atoms with Gasteiger partial charge in [-0.15, -0.1) is 0 Å². The van der Waals surface area contributed by atoms with E-state index in [2.05, 4.69) is 4.99 Å². The lowest BCUT2D eigenvalue weighted by Crippen LogP contribution is -2.20. The van der Waals surface area contributed by atoms with Gasteiger partial charge in [0.15, 0.2) is 5.78 Å². The number of carbonyl (C=O) groups is 1. The number of ketones is 1. The summed E-state index contributed by atoms with van der Waals surface area (Å²) < 4.78 is 5.20. The molecule has 0 bridgehead atoms. The van der Waals surface area contributed by atoms with Crippen LogP contribution in [0.5, 0.6) is 5.75 Å². The maximum atomic E-state index is 12.4.